The van der Waals surface area contributed by atoms with Gasteiger partial charge in [0.15, 0.2) is 17.6 Å². The standard InChI is InChI=1S/C20H23NO6S/c1-13(27-20(23)15-7-5-6-8-18(15)28(4)24)19(22)21-12-14-9-10-16(25-2)17(11-14)26-3/h5-11,13H,12H2,1-4H3,(H,21,22)/t13-,28-/m0/s1. The second-order valence-corrected chi connectivity index (χ2v) is 7.25. The summed E-state index contributed by atoms with van der Waals surface area (Å²) in [6, 6.07) is 11.7. The fraction of sp³-hybridized carbons (Fsp3) is 0.300. The van der Waals surface area contributed by atoms with Crippen molar-refractivity contribution in [3.63, 3.8) is 0 Å². The summed E-state index contributed by atoms with van der Waals surface area (Å²) < 4.78 is 27.4. The molecule has 0 bridgehead atoms. The smallest absolute Gasteiger partial charge is 0.340 e. The van der Waals surface area contributed by atoms with Crippen LogP contribution in [-0.4, -0.2) is 42.7 Å². The molecule has 0 saturated heterocycles. The van der Waals surface area contributed by atoms with E-state index in [0.29, 0.717) is 16.4 Å². The zero-order valence-corrected chi connectivity index (χ0v) is 17.0. The lowest BCUT2D eigenvalue weighted by atomic mass is 10.2. The summed E-state index contributed by atoms with van der Waals surface area (Å²) in [5.74, 6) is 0.00236. The van der Waals surface area contributed by atoms with E-state index in [1.165, 1.54) is 26.4 Å². The number of carbonyl (C=O) groups is 2. The van der Waals surface area contributed by atoms with E-state index in [4.69, 9.17) is 14.2 Å². The van der Waals surface area contributed by atoms with E-state index in [2.05, 4.69) is 5.32 Å². The molecule has 2 aromatic carbocycles. The van der Waals surface area contributed by atoms with Gasteiger partial charge in [-0.3, -0.25) is 9.00 Å². The molecule has 0 fully saturated rings. The van der Waals surface area contributed by atoms with Crippen molar-refractivity contribution in [3.05, 3.63) is 53.6 Å². The second-order valence-electron chi connectivity index (χ2n) is 5.90. The van der Waals surface area contributed by atoms with E-state index in [1.807, 2.05) is 0 Å². The average molecular weight is 405 g/mol. The number of esters is 1. The zero-order valence-electron chi connectivity index (χ0n) is 16.2. The predicted octanol–water partition coefficient (Wildman–Crippen LogP) is 2.30. The number of rotatable bonds is 8. The fourth-order valence-electron chi connectivity index (χ4n) is 2.49. The van der Waals surface area contributed by atoms with Crippen LogP contribution in [0.15, 0.2) is 47.4 Å². The van der Waals surface area contributed by atoms with Crippen molar-refractivity contribution < 1.29 is 28.0 Å². The molecule has 0 aliphatic heterocycles. The van der Waals surface area contributed by atoms with Crippen LogP contribution in [-0.2, 0) is 26.9 Å². The molecule has 150 valence electrons. The van der Waals surface area contributed by atoms with Crippen molar-refractivity contribution >= 4 is 22.7 Å². The molecule has 28 heavy (non-hydrogen) atoms. The van der Waals surface area contributed by atoms with Crippen molar-refractivity contribution in [3.8, 4) is 11.5 Å². The Morgan fingerprint density at radius 2 is 1.75 bits per heavy atom. The molecule has 7 nitrogen and oxygen atoms in total. The molecule has 2 rings (SSSR count). The molecule has 0 aromatic heterocycles. The minimum atomic E-state index is -1.34. The molecule has 0 radical (unpaired) electrons. The highest BCUT2D eigenvalue weighted by atomic mass is 32.2. The van der Waals surface area contributed by atoms with E-state index in [9.17, 15) is 13.8 Å². The molecule has 0 heterocycles. The SMILES string of the molecule is COc1ccc(CNC(=O)[C@H](C)OC(=O)c2ccccc2[S@](C)=O)cc1OC. The molecule has 1 N–H and O–H groups in total. The Kier molecular flexibility index (Phi) is 7.57. The Morgan fingerprint density at radius 1 is 1.07 bits per heavy atom. The third-order valence-electron chi connectivity index (χ3n) is 3.98. The van der Waals surface area contributed by atoms with Gasteiger partial charge in [0.05, 0.1) is 35.5 Å². The average Bonchev–Trinajstić information content (AvgIpc) is 2.71. The molecule has 0 saturated carbocycles. The summed E-state index contributed by atoms with van der Waals surface area (Å²) in [5.41, 5.74) is 0.985. The van der Waals surface area contributed by atoms with Gasteiger partial charge in [-0.15, -0.1) is 0 Å². The van der Waals surface area contributed by atoms with E-state index in [1.54, 1.807) is 43.5 Å². The number of nitrogens with one attached hydrogen (secondary N) is 1. The van der Waals surface area contributed by atoms with Gasteiger partial charge in [-0.2, -0.15) is 0 Å². The van der Waals surface area contributed by atoms with Crippen LogP contribution in [0.3, 0.4) is 0 Å². The first-order chi connectivity index (χ1) is 13.4. The Bertz CT molecular complexity index is 883. The van der Waals surface area contributed by atoms with Gasteiger partial charge in [0.2, 0.25) is 0 Å². The monoisotopic (exact) mass is 405 g/mol. The van der Waals surface area contributed by atoms with Crippen LogP contribution in [0.4, 0.5) is 0 Å². The van der Waals surface area contributed by atoms with Gasteiger partial charge in [-0.1, -0.05) is 18.2 Å². The molecular weight excluding hydrogens is 382 g/mol. The second kappa shape index (κ2) is 9.89. The third-order valence-corrected chi connectivity index (χ3v) is 4.96. The quantitative estimate of drug-likeness (QED) is 0.678. The maximum atomic E-state index is 12.3. The van der Waals surface area contributed by atoms with Crippen LogP contribution >= 0.6 is 0 Å². The zero-order chi connectivity index (χ0) is 20.7. The van der Waals surface area contributed by atoms with Crippen molar-refractivity contribution in [2.45, 2.75) is 24.5 Å². The minimum Gasteiger partial charge on any atom is -0.493 e. The number of hydrogen-bond acceptors (Lipinski definition) is 6. The van der Waals surface area contributed by atoms with Gasteiger partial charge in [0.25, 0.3) is 5.91 Å². The first-order valence-corrected chi connectivity index (χ1v) is 10.0. The van der Waals surface area contributed by atoms with E-state index in [0.717, 1.165) is 5.56 Å². The minimum absolute atomic E-state index is 0.183. The van der Waals surface area contributed by atoms with Gasteiger partial charge in [-0.25, -0.2) is 4.79 Å². The molecule has 0 unspecified atom stereocenters. The highest BCUT2D eigenvalue weighted by Crippen LogP contribution is 2.27. The van der Waals surface area contributed by atoms with Gasteiger partial charge < -0.3 is 19.5 Å². The Hall–Kier alpha value is -2.87. The molecule has 2 aromatic rings. The van der Waals surface area contributed by atoms with Crippen LogP contribution in [0.5, 0.6) is 11.5 Å². The van der Waals surface area contributed by atoms with Crippen LogP contribution in [0, 0.1) is 0 Å². The molecule has 8 heteroatoms. The fourth-order valence-corrected chi connectivity index (χ4v) is 3.22. The van der Waals surface area contributed by atoms with E-state index in [-0.39, 0.29) is 12.1 Å². The highest BCUT2D eigenvalue weighted by Gasteiger charge is 2.21. The van der Waals surface area contributed by atoms with E-state index >= 15 is 0 Å². The summed E-state index contributed by atoms with van der Waals surface area (Å²) >= 11 is 0. The molecule has 1 amide bonds. The van der Waals surface area contributed by atoms with Crippen molar-refractivity contribution in [2.75, 3.05) is 20.5 Å². The molecule has 0 spiro atoms. The molecule has 2 atom stereocenters. The summed E-state index contributed by atoms with van der Waals surface area (Å²) in [6.07, 6.45) is 0.469. The molecule has 0 aliphatic carbocycles. The summed E-state index contributed by atoms with van der Waals surface area (Å²) in [5, 5.41) is 2.71. The number of amides is 1. The number of methoxy groups -OCH3 is 2. The van der Waals surface area contributed by atoms with E-state index < -0.39 is 28.8 Å². The van der Waals surface area contributed by atoms with Gasteiger partial charge in [-0.05, 0) is 36.8 Å². The van der Waals surface area contributed by atoms with Crippen molar-refractivity contribution in [1.82, 2.24) is 5.32 Å². The Balaban J connectivity index is 1.98. The predicted molar refractivity (Wildman–Crippen MR) is 105 cm³/mol. The molecular formula is C20H23NO6S. The van der Waals surface area contributed by atoms with Crippen LogP contribution in [0.2, 0.25) is 0 Å². The van der Waals surface area contributed by atoms with Crippen LogP contribution in [0.25, 0.3) is 0 Å². The molecule has 0 aliphatic rings. The third kappa shape index (κ3) is 5.32. The largest absolute Gasteiger partial charge is 0.493 e. The highest BCUT2D eigenvalue weighted by molar-refractivity contribution is 7.84. The lowest BCUT2D eigenvalue weighted by Gasteiger charge is -2.15. The van der Waals surface area contributed by atoms with Gasteiger partial charge in [0.1, 0.15) is 0 Å². The number of hydrogen-bond donors (Lipinski definition) is 1. The number of ether oxygens (including phenoxy) is 3. The maximum Gasteiger partial charge on any atom is 0.340 e. The summed E-state index contributed by atoms with van der Waals surface area (Å²) in [7, 11) is 1.73. The first kappa shape index (κ1) is 21.4. The summed E-state index contributed by atoms with van der Waals surface area (Å²) in [6.45, 7) is 1.71. The lowest BCUT2D eigenvalue weighted by molar-refractivity contribution is -0.129. The topological polar surface area (TPSA) is 90.9 Å². The number of carbonyl (C=O) groups excluding carboxylic acids is 2. The van der Waals surface area contributed by atoms with Gasteiger partial charge >= 0.3 is 5.97 Å². The Morgan fingerprint density at radius 3 is 2.39 bits per heavy atom. The summed E-state index contributed by atoms with van der Waals surface area (Å²) in [4.78, 5) is 25.0. The lowest BCUT2D eigenvalue weighted by Crippen LogP contribution is -2.35. The number of benzene rings is 2. The Labute approximate surface area is 166 Å². The van der Waals surface area contributed by atoms with Crippen molar-refractivity contribution in [1.29, 1.82) is 0 Å². The van der Waals surface area contributed by atoms with Crippen LogP contribution in [0.1, 0.15) is 22.8 Å². The maximum absolute atomic E-state index is 12.3. The van der Waals surface area contributed by atoms with Crippen LogP contribution < -0.4 is 14.8 Å². The van der Waals surface area contributed by atoms with Crippen molar-refractivity contribution in [2.24, 2.45) is 0 Å². The normalized spacial score (nSPS) is 12.6. The van der Waals surface area contributed by atoms with Gasteiger partial charge in [0, 0.05) is 12.8 Å². The first-order valence-electron chi connectivity index (χ1n) is 8.49.